The molecule has 0 fully saturated rings. The van der Waals surface area contributed by atoms with Crippen LogP contribution in [0.15, 0.2) is 48.5 Å². The van der Waals surface area contributed by atoms with Crippen LogP contribution in [-0.2, 0) is 19.5 Å². The fourth-order valence-corrected chi connectivity index (χ4v) is 2.94. The van der Waals surface area contributed by atoms with E-state index in [1.54, 1.807) is 0 Å². The summed E-state index contributed by atoms with van der Waals surface area (Å²) in [5.74, 6) is 0. The molecule has 0 amide bonds. The minimum absolute atomic E-state index is 0. The summed E-state index contributed by atoms with van der Waals surface area (Å²) in [5.41, 5.74) is 7.86. The molecule has 5 heterocycles. The van der Waals surface area contributed by atoms with Crippen molar-refractivity contribution in [3.8, 4) is 12.8 Å². The first-order valence-corrected chi connectivity index (χ1v) is 8.18. The number of terminal acetylenes is 1. The van der Waals surface area contributed by atoms with E-state index in [1.807, 2.05) is 48.6 Å². The van der Waals surface area contributed by atoms with Gasteiger partial charge in [0.15, 0.2) is 0 Å². The van der Waals surface area contributed by atoms with Crippen LogP contribution in [0.1, 0.15) is 22.8 Å². The Kier molecular flexibility index (Phi) is 5.50. The van der Waals surface area contributed by atoms with Crippen LogP contribution < -0.4 is 0 Å². The molecule has 126 valence electrons. The predicted molar refractivity (Wildman–Crippen MR) is 109 cm³/mol. The zero-order chi connectivity index (χ0) is 17.9. The standard InChI is InChI=1S/C20H14N4.C2H2.Zn/c1-2-14-10-16-5-6-18(23-16)12-20-8-7-19(24-20)11-17-4-3-15(22-17)9-13(1)21-14;1-2;/h1-12,21,24H;1-2H;. The second kappa shape index (κ2) is 7.99. The minimum Gasteiger partial charge on any atom is -0.355 e. The van der Waals surface area contributed by atoms with Gasteiger partial charge in [-0.1, -0.05) is 0 Å². The Bertz CT molecular complexity index is 1030. The number of hydrogen-bond donors (Lipinski definition) is 2. The van der Waals surface area contributed by atoms with Gasteiger partial charge in [-0.05, 0) is 72.8 Å². The molecule has 0 aromatic carbocycles. The number of nitrogens with zero attached hydrogens (tertiary/aromatic N) is 2. The average Bonchev–Trinajstić information content (AvgIpc) is 3.42. The largest absolute Gasteiger partial charge is 0.355 e. The van der Waals surface area contributed by atoms with E-state index < -0.39 is 0 Å². The summed E-state index contributed by atoms with van der Waals surface area (Å²) in [5, 5.41) is 0. The van der Waals surface area contributed by atoms with Crippen molar-refractivity contribution in [2.24, 2.45) is 0 Å². The molecule has 8 bridgehead atoms. The molecule has 5 heteroatoms. The monoisotopic (exact) mass is 400 g/mol. The SMILES string of the molecule is C#C.C1=Cc2cc3ccc(cc4nc(cc5ccc(cc1n2)[nH]5)C=C4)[nH]3.[Zn]. The molecular weight excluding hydrogens is 386 g/mol. The molecule has 27 heavy (non-hydrogen) atoms. The first kappa shape index (κ1) is 18.6. The summed E-state index contributed by atoms with van der Waals surface area (Å²) in [6, 6.07) is 16.4. The van der Waals surface area contributed by atoms with Crippen molar-refractivity contribution in [1.82, 2.24) is 19.9 Å². The van der Waals surface area contributed by atoms with Crippen molar-refractivity contribution < 1.29 is 19.5 Å². The van der Waals surface area contributed by atoms with Crippen LogP contribution in [0.2, 0.25) is 0 Å². The van der Waals surface area contributed by atoms with E-state index in [4.69, 9.17) is 0 Å². The molecule has 3 aromatic heterocycles. The van der Waals surface area contributed by atoms with E-state index in [-0.39, 0.29) is 19.5 Å². The molecular formula is C22H16N4Zn. The molecule has 0 spiro atoms. The Balaban J connectivity index is 0.000000680. The summed E-state index contributed by atoms with van der Waals surface area (Å²) in [6.07, 6.45) is 16.1. The zero-order valence-electron chi connectivity index (χ0n) is 14.7. The Morgan fingerprint density at radius 3 is 1.04 bits per heavy atom. The molecule has 0 atom stereocenters. The summed E-state index contributed by atoms with van der Waals surface area (Å²) in [6.45, 7) is 0. The fourth-order valence-electron chi connectivity index (χ4n) is 2.94. The topological polar surface area (TPSA) is 57.4 Å². The quantitative estimate of drug-likeness (QED) is 0.286. The summed E-state index contributed by atoms with van der Waals surface area (Å²) >= 11 is 0. The first-order valence-electron chi connectivity index (χ1n) is 8.18. The van der Waals surface area contributed by atoms with Crippen LogP contribution in [0, 0.1) is 12.8 Å². The molecule has 0 aliphatic carbocycles. The van der Waals surface area contributed by atoms with Gasteiger partial charge in [0.1, 0.15) is 0 Å². The van der Waals surface area contributed by atoms with Gasteiger partial charge < -0.3 is 9.97 Å². The Morgan fingerprint density at radius 1 is 0.519 bits per heavy atom. The fraction of sp³-hybridized carbons (Fsp3) is 0. The number of aromatic amines is 2. The van der Waals surface area contributed by atoms with Gasteiger partial charge >= 0.3 is 0 Å². The molecule has 0 unspecified atom stereocenters. The molecule has 0 saturated heterocycles. The van der Waals surface area contributed by atoms with Crippen molar-refractivity contribution in [3.63, 3.8) is 0 Å². The number of nitrogens with one attached hydrogen (secondary N) is 2. The van der Waals surface area contributed by atoms with E-state index in [0.717, 1.165) is 44.8 Å². The van der Waals surface area contributed by atoms with E-state index in [9.17, 15) is 0 Å². The zero-order valence-corrected chi connectivity index (χ0v) is 17.7. The van der Waals surface area contributed by atoms with Gasteiger partial charge in [-0.25, -0.2) is 9.97 Å². The van der Waals surface area contributed by atoms with Crippen molar-refractivity contribution in [1.29, 1.82) is 0 Å². The van der Waals surface area contributed by atoms with Crippen LogP contribution in [0.4, 0.5) is 0 Å². The number of aromatic nitrogens is 4. The molecule has 5 rings (SSSR count). The van der Waals surface area contributed by atoms with Crippen LogP contribution in [0.3, 0.4) is 0 Å². The first-order chi connectivity index (χ1) is 12.8. The van der Waals surface area contributed by atoms with E-state index in [1.165, 1.54) is 0 Å². The van der Waals surface area contributed by atoms with Gasteiger partial charge in [-0.15, -0.1) is 12.8 Å². The van der Waals surface area contributed by atoms with Gasteiger partial charge in [-0.3, -0.25) is 0 Å². The van der Waals surface area contributed by atoms with Gasteiger partial charge in [0.05, 0.1) is 22.8 Å². The second-order valence-electron chi connectivity index (χ2n) is 5.91. The van der Waals surface area contributed by atoms with Crippen molar-refractivity contribution >= 4 is 46.4 Å². The van der Waals surface area contributed by atoms with Crippen LogP contribution in [-0.4, -0.2) is 19.9 Å². The van der Waals surface area contributed by atoms with Crippen LogP contribution in [0.25, 0.3) is 46.4 Å². The van der Waals surface area contributed by atoms with Crippen molar-refractivity contribution in [3.05, 3.63) is 71.3 Å². The van der Waals surface area contributed by atoms with Gasteiger partial charge in [0, 0.05) is 41.5 Å². The number of rotatable bonds is 0. The number of H-pyrrole nitrogens is 2. The van der Waals surface area contributed by atoms with Crippen LogP contribution >= 0.6 is 0 Å². The second-order valence-corrected chi connectivity index (χ2v) is 5.91. The third kappa shape index (κ3) is 4.14. The van der Waals surface area contributed by atoms with Gasteiger partial charge in [-0.2, -0.15) is 0 Å². The minimum atomic E-state index is 0. The predicted octanol–water partition coefficient (Wildman–Crippen LogP) is 4.90. The smallest absolute Gasteiger partial charge is 0.0658 e. The average molecular weight is 402 g/mol. The molecule has 3 aromatic rings. The Morgan fingerprint density at radius 2 is 0.778 bits per heavy atom. The third-order valence-electron chi connectivity index (χ3n) is 4.04. The molecule has 2 N–H and O–H groups in total. The Hall–Kier alpha value is -3.22. The van der Waals surface area contributed by atoms with Gasteiger partial charge in [0.2, 0.25) is 0 Å². The van der Waals surface area contributed by atoms with Crippen LogP contribution in [0.5, 0.6) is 0 Å². The maximum atomic E-state index is 4.63. The summed E-state index contributed by atoms with van der Waals surface area (Å²) in [7, 11) is 0. The third-order valence-corrected chi connectivity index (χ3v) is 4.04. The van der Waals surface area contributed by atoms with E-state index >= 15 is 0 Å². The van der Waals surface area contributed by atoms with Crippen molar-refractivity contribution in [2.45, 2.75) is 0 Å². The molecule has 0 saturated carbocycles. The maximum absolute atomic E-state index is 4.63. The summed E-state index contributed by atoms with van der Waals surface area (Å²) < 4.78 is 0. The summed E-state index contributed by atoms with van der Waals surface area (Å²) in [4.78, 5) is 16.0. The van der Waals surface area contributed by atoms with E-state index in [2.05, 4.69) is 57.0 Å². The molecule has 2 aliphatic heterocycles. The number of hydrogen-bond acceptors (Lipinski definition) is 2. The number of fused-ring (bicyclic) bond motifs is 8. The maximum Gasteiger partial charge on any atom is 0.0658 e. The normalized spacial score (nSPS) is 11.3. The van der Waals surface area contributed by atoms with Crippen molar-refractivity contribution in [2.75, 3.05) is 0 Å². The molecule has 2 aliphatic rings. The Labute approximate surface area is 169 Å². The van der Waals surface area contributed by atoms with E-state index in [0.29, 0.717) is 0 Å². The van der Waals surface area contributed by atoms with Gasteiger partial charge in [0.25, 0.3) is 0 Å². The molecule has 4 nitrogen and oxygen atoms in total. The molecule has 0 radical (unpaired) electrons.